The third-order valence-electron chi connectivity index (χ3n) is 8.36. The van der Waals surface area contributed by atoms with E-state index in [9.17, 15) is 0 Å². The van der Waals surface area contributed by atoms with Gasteiger partial charge in [-0.25, -0.2) is 0 Å². The molecule has 0 nitrogen and oxygen atoms in total. The zero-order valence-electron chi connectivity index (χ0n) is 13.8. The lowest BCUT2D eigenvalue weighted by Crippen LogP contribution is -2.55. The van der Waals surface area contributed by atoms with Gasteiger partial charge in [-0.15, -0.1) is 0 Å². The van der Waals surface area contributed by atoms with Gasteiger partial charge in [-0.3, -0.25) is 0 Å². The molecule has 112 valence electrons. The summed E-state index contributed by atoms with van der Waals surface area (Å²) in [6.45, 7) is 12.2. The predicted molar refractivity (Wildman–Crippen MR) is 85.5 cm³/mol. The lowest BCUT2D eigenvalue weighted by atomic mass is 9.41. The van der Waals surface area contributed by atoms with Crippen LogP contribution < -0.4 is 0 Å². The van der Waals surface area contributed by atoms with Crippen molar-refractivity contribution in [2.75, 3.05) is 0 Å². The Bertz CT molecular complexity index is 445. The predicted octanol–water partition coefficient (Wildman–Crippen LogP) is 5.98. The minimum Gasteiger partial charge on any atom is -0.0996 e. The molecule has 4 fully saturated rings. The molecule has 2 bridgehead atoms. The van der Waals surface area contributed by atoms with E-state index in [0.717, 1.165) is 17.8 Å². The Hall–Kier alpha value is -0.260. The summed E-state index contributed by atoms with van der Waals surface area (Å²) < 4.78 is 0. The van der Waals surface area contributed by atoms with Crippen molar-refractivity contribution in [3.05, 3.63) is 12.2 Å². The Morgan fingerprint density at radius 2 is 1.75 bits per heavy atom. The second-order valence-electron chi connectivity index (χ2n) is 9.67. The molecule has 0 aromatic rings. The molecule has 0 saturated heterocycles. The lowest BCUT2D eigenvalue weighted by molar-refractivity contribution is -0.144. The van der Waals surface area contributed by atoms with Gasteiger partial charge in [0.25, 0.3) is 0 Å². The molecule has 1 spiro atoms. The maximum absolute atomic E-state index is 4.44. The molecule has 4 aliphatic rings. The van der Waals surface area contributed by atoms with E-state index in [1.54, 1.807) is 5.57 Å². The first kappa shape index (κ1) is 13.4. The molecule has 0 amide bonds. The molecular formula is C20H32. The van der Waals surface area contributed by atoms with Crippen molar-refractivity contribution in [1.29, 1.82) is 0 Å². The third kappa shape index (κ3) is 1.54. The molecule has 0 unspecified atom stereocenters. The first-order valence-electron chi connectivity index (χ1n) is 9.05. The fraction of sp³-hybridized carbons (Fsp3) is 0.900. The van der Waals surface area contributed by atoms with Gasteiger partial charge in [-0.1, -0.05) is 39.3 Å². The highest BCUT2D eigenvalue weighted by atomic mass is 14.7. The van der Waals surface area contributed by atoms with E-state index < -0.39 is 0 Å². The molecule has 0 aromatic heterocycles. The molecule has 0 radical (unpaired) electrons. The molecular weight excluding hydrogens is 240 g/mol. The zero-order chi connectivity index (χ0) is 14.2. The van der Waals surface area contributed by atoms with E-state index in [1.165, 1.54) is 57.8 Å². The fourth-order valence-electron chi connectivity index (χ4n) is 7.68. The van der Waals surface area contributed by atoms with Gasteiger partial charge in [0.2, 0.25) is 0 Å². The number of hydrogen-bond acceptors (Lipinski definition) is 0. The third-order valence-corrected chi connectivity index (χ3v) is 8.36. The van der Waals surface area contributed by atoms with Crippen LogP contribution in [0.1, 0.15) is 78.6 Å². The average molecular weight is 272 g/mol. The van der Waals surface area contributed by atoms with Gasteiger partial charge in [0.1, 0.15) is 0 Å². The second-order valence-corrected chi connectivity index (χ2v) is 9.67. The Morgan fingerprint density at radius 1 is 0.950 bits per heavy atom. The average Bonchev–Trinajstić information content (AvgIpc) is 2.58. The lowest BCUT2D eigenvalue weighted by Gasteiger charge is -2.64. The normalized spacial score (nSPS) is 53.4. The smallest absolute Gasteiger partial charge is 0.0200 e. The van der Waals surface area contributed by atoms with E-state index in [2.05, 4.69) is 27.4 Å². The van der Waals surface area contributed by atoms with Gasteiger partial charge in [0.05, 0.1) is 0 Å². The van der Waals surface area contributed by atoms with Crippen LogP contribution in [-0.2, 0) is 0 Å². The summed E-state index contributed by atoms with van der Waals surface area (Å²) in [7, 11) is 0. The summed E-state index contributed by atoms with van der Waals surface area (Å²) in [6, 6.07) is 0. The summed E-state index contributed by atoms with van der Waals surface area (Å²) in [6.07, 6.45) is 13.3. The van der Waals surface area contributed by atoms with E-state index in [4.69, 9.17) is 0 Å². The van der Waals surface area contributed by atoms with Gasteiger partial charge in [0, 0.05) is 0 Å². The van der Waals surface area contributed by atoms with Crippen molar-refractivity contribution in [2.45, 2.75) is 78.6 Å². The van der Waals surface area contributed by atoms with Gasteiger partial charge in [-0.05, 0) is 85.4 Å². The van der Waals surface area contributed by atoms with Crippen LogP contribution >= 0.6 is 0 Å². The maximum atomic E-state index is 4.44. The van der Waals surface area contributed by atoms with E-state index in [0.29, 0.717) is 16.2 Å². The summed E-state index contributed by atoms with van der Waals surface area (Å²) >= 11 is 0. The number of rotatable bonds is 0. The van der Waals surface area contributed by atoms with Crippen LogP contribution in [0, 0.1) is 34.0 Å². The summed E-state index contributed by atoms with van der Waals surface area (Å²) in [5.41, 5.74) is 3.51. The molecule has 0 aromatic carbocycles. The van der Waals surface area contributed by atoms with E-state index >= 15 is 0 Å². The Morgan fingerprint density at radius 3 is 2.55 bits per heavy atom. The first-order valence-corrected chi connectivity index (χ1v) is 9.05. The van der Waals surface area contributed by atoms with Crippen LogP contribution in [0.3, 0.4) is 0 Å². The van der Waals surface area contributed by atoms with Crippen LogP contribution in [0.15, 0.2) is 12.2 Å². The highest BCUT2D eigenvalue weighted by molar-refractivity contribution is 5.22. The van der Waals surface area contributed by atoms with E-state index in [1.807, 2.05) is 0 Å². The zero-order valence-corrected chi connectivity index (χ0v) is 13.8. The van der Waals surface area contributed by atoms with Crippen LogP contribution in [0.25, 0.3) is 0 Å². The maximum Gasteiger partial charge on any atom is -0.0200 e. The number of allylic oxidation sites excluding steroid dienone is 1. The molecule has 4 rings (SSSR count). The van der Waals surface area contributed by atoms with E-state index in [-0.39, 0.29) is 0 Å². The number of fused-ring (bicyclic) bond motifs is 3. The Balaban J connectivity index is 1.74. The van der Waals surface area contributed by atoms with Crippen LogP contribution in [-0.4, -0.2) is 0 Å². The van der Waals surface area contributed by atoms with Gasteiger partial charge in [-0.2, -0.15) is 0 Å². The molecule has 0 heteroatoms. The molecule has 20 heavy (non-hydrogen) atoms. The molecule has 5 atom stereocenters. The minimum absolute atomic E-state index is 0.584. The largest absolute Gasteiger partial charge is 0.0996 e. The molecule has 4 saturated carbocycles. The fourth-order valence-corrected chi connectivity index (χ4v) is 7.68. The van der Waals surface area contributed by atoms with Crippen LogP contribution in [0.2, 0.25) is 0 Å². The second kappa shape index (κ2) is 3.93. The highest BCUT2D eigenvalue weighted by Crippen LogP contribution is 2.72. The van der Waals surface area contributed by atoms with Gasteiger partial charge < -0.3 is 0 Å². The van der Waals surface area contributed by atoms with Crippen molar-refractivity contribution in [3.8, 4) is 0 Å². The van der Waals surface area contributed by atoms with Crippen molar-refractivity contribution < 1.29 is 0 Å². The summed E-state index contributed by atoms with van der Waals surface area (Å²) in [5, 5.41) is 0. The number of hydrogen-bond donors (Lipinski definition) is 0. The molecule has 0 N–H and O–H groups in total. The topological polar surface area (TPSA) is 0 Å². The summed E-state index contributed by atoms with van der Waals surface area (Å²) in [5.74, 6) is 2.87. The van der Waals surface area contributed by atoms with Gasteiger partial charge >= 0.3 is 0 Å². The van der Waals surface area contributed by atoms with Crippen LogP contribution in [0.5, 0.6) is 0 Å². The monoisotopic (exact) mass is 272 g/mol. The first-order chi connectivity index (χ1) is 9.37. The van der Waals surface area contributed by atoms with Crippen molar-refractivity contribution in [3.63, 3.8) is 0 Å². The molecule has 4 aliphatic carbocycles. The van der Waals surface area contributed by atoms with Crippen LogP contribution in [0.4, 0.5) is 0 Å². The highest BCUT2D eigenvalue weighted by Gasteiger charge is 2.62. The summed E-state index contributed by atoms with van der Waals surface area (Å²) in [4.78, 5) is 0. The molecule has 0 aliphatic heterocycles. The minimum atomic E-state index is 0.584. The van der Waals surface area contributed by atoms with Gasteiger partial charge in [0.15, 0.2) is 0 Å². The quantitative estimate of drug-likeness (QED) is 0.476. The van der Waals surface area contributed by atoms with Crippen molar-refractivity contribution in [1.82, 2.24) is 0 Å². The Kier molecular flexibility index (Phi) is 2.63. The van der Waals surface area contributed by atoms with Crippen molar-refractivity contribution in [2.24, 2.45) is 34.0 Å². The SMILES string of the molecule is C=C1C[C@@]23CC[C@@H]4C(C)(C)CCC[C@@]4(C)[C@@H]2CC[C@@H]1C3. The molecule has 0 heterocycles. The Labute approximate surface area is 125 Å². The standard InChI is InChI=1S/C20H32/c1-14-12-20-11-8-16-18(2,3)9-5-10-19(16,4)17(20)7-6-15(14)13-20/h15-17H,1,5-13H2,2-4H3/t15-,16-,17+,19-,20-/m1/s1. The van der Waals surface area contributed by atoms with Crippen molar-refractivity contribution >= 4 is 0 Å².